The van der Waals surface area contributed by atoms with Gasteiger partial charge in [0.15, 0.2) is 28.7 Å². The van der Waals surface area contributed by atoms with Crippen LogP contribution in [-0.4, -0.2) is 89.4 Å². The maximum atomic E-state index is 14.0. The highest BCUT2D eigenvalue weighted by molar-refractivity contribution is 6.16. The summed E-state index contributed by atoms with van der Waals surface area (Å²) in [6, 6.07) is 0. The van der Waals surface area contributed by atoms with Gasteiger partial charge in [-0.15, -0.1) is 0 Å². The fourth-order valence-electron chi connectivity index (χ4n) is 11.3. The van der Waals surface area contributed by atoms with Crippen molar-refractivity contribution in [1.29, 1.82) is 0 Å². The van der Waals surface area contributed by atoms with E-state index in [1.54, 1.807) is 0 Å². The van der Waals surface area contributed by atoms with Gasteiger partial charge in [0.25, 0.3) is 0 Å². The number of ketones is 4. The molecule has 0 aliphatic rings. The van der Waals surface area contributed by atoms with Crippen molar-refractivity contribution in [1.82, 2.24) is 0 Å². The third-order valence-electron chi connectivity index (χ3n) is 17.3. The maximum absolute atomic E-state index is 14.0. The SMILES string of the molecule is CCCCC/C=C\C/C=C\CCCCCCCC(=O)C(O)(C(=O)CCCCCCC/C=C\C[C@H](O)CCCCCC)C(O)(CO)C(=O)CCCCCCC/C=C\C[C@](O)(CCCCCC)C(=O)CCCCCCC/C=C\C[C@H](O)CCCCCC. The van der Waals surface area contributed by atoms with E-state index in [1.807, 2.05) is 12.2 Å². The quantitative estimate of drug-likeness (QED) is 0.0194. The third kappa shape index (κ3) is 42.7. The molecule has 0 heterocycles. The summed E-state index contributed by atoms with van der Waals surface area (Å²) in [6.45, 7) is 7.51. The molecule has 6 N–H and O–H groups in total. The van der Waals surface area contributed by atoms with Crippen molar-refractivity contribution >= 4 is 23.1 Å². The number of allylic oxidation sites excluding steroid dienone is 7. The zero-order chi connectivity index (χ0) is 62.8. The second-order valence-corrected chi connectivity index (χ2v) is 25.3. The second kappa shape index (κ2) is 57.6. The Morgan fingerprint density at radius 1 is 0.341 bits per heavy atom. The van der Waals surface area contributed by atoms with Crippen LogP contribution in [0.2, 0.25) is 0 Å². The summed E-state index contributed by atoms with van der Waals surface area (Å²) in [5.41, 5.74) is -7.31. The Labute approximate surface area is 522 Å². The molecule has 10 heteroatoms. The number of unbranched alkanes of at least 4 members (excludes halogenated alkanes) is 32. The molecule has 5 atom stereocenters. The summed E-state index contributed by atoms with van der Waals surface area (Å²) in [4.78, 5) is 55.3. The van der Waals surface area contributed by atoms with E-state index in [2.05, 4.69) is 76.3 Å². The first kappa shape index (κ1) is 82.1. The summed E-state index contributed by atoms with van der Waals surface area (Å²) in [6.07, 6.45) is 63.7. The molecule has 0 amide bonds. The standard InChI is InChI=1S/C75H134O10/c1-5-9-13-17-18-19-20-21-22-23-24-25-36-43-52-62-71(81)75(85,72(82)63-53-44-37-29-27-33-40-49-59-68(78)57-47-15-11-7-3)74(84,66-76)70(80)61-51-42-35-30-31-38-45-55-65-73(83,64-54-16-12-8-4)69(79)60-50-41-34-28-26-32-39-48-58-67(77)56-46-14-10-6-2/h18-19,21-22,39-40,45,48-49,55,67-68,76-78,83-85H,5-17,20,23-38,41-44,46-47,50-54,56-66H2,1-4H3/b19-18-,22-21-,48-39-,49-40-,55-45-/t67-,68-,73-,74?,75?/m1/s1. The van der Waals surface area contributed by atoms with Crippen LogP contribution in [0.1, 0.15) is 355 Å². The van der Waals surface area contributed by atoms with Gasteiger partial charge in [0.05, 0.1) is 18.8 Å². The fourth-order valence-corrected chi connectivity index (χ4v) is 11.3. The minimum Gasteiger partial charge on any atom is -0.393 e. The van der Waals surface area contributed by atoms with Crippen molar-refractivity contribution in [3.05, 3.63) is 60.8 Å². The first-order valence-corrected chi connectivity index (χ1v) is 35.8. The first-order chi connectivity index (χ1) is 41.2. The molecular formula is C75H134O10. The minimum atomic E-state index is -3.03. The molecule has 0 aliphatic heterocycles. The zero-order valence-electron chi connectivity index (χ0n) is 55.5. The molecule has 0 aromatic rings. The van der Waals surface area contributed by atoms with Crippen molar-refractivity contribution in [3.63, 3.8) is 0 Å². The fraction of sp³-hybridized carbons (Fsp3) is 0.813. The highest BCUT2D eigenvalue weighted by Gasteiger charge is 2.62. The van der Waals surface area contributed by atoms with Gasteiger partial charge in [-0.1, -0.05) is 255 Å². The van der Waals surface area contributed by atoms with Gasteiger partial charge in [0.1, 0.15) is 5.60 Å². The van der Waals surface area contributed by atoms with Gasteiger partial charge >= 0.3 is 0 Å². The van der Waals surface area contributed by atoms with Crippen LogP contribution >= 0.6 is 0 Å². The van der Waals surface area contributed by atoms with E-state index in [-0.39, 0.29) is 37.3 Å². The normalized spacial score (nSPS) is 15.2. The molecular weight excluding hydrogens is 1060 g/mol. The molecule has 0 saturated heterocycles. The zero-order valence-corrected chi connectivity index (χ0v) is 55.5. The molecule has 0 aromatic carbocycles. The molecule has 0 aromatic heterocycles. The second-order valence-electron chi connectivity index (χ2n) is 25.3. The van der Waals surface area contributed by atoms with Crippen molar-refractivity contribution in [2.45, 2.75) is 384 Å². The van der Waals surface area contributed by atoms with Crippen LogP contribution in [0.15, 0.2) is 60.8 Å². The maximum Gasteiger partial charge on any atom is 0.219 e. The van der Waals surface area contributed by atoms with Crippen molar-refractivity contribution in [2.75, 3.05) is 6.61 Å². The number of rotatable bonds is 65. The van der Waals surface area contributed by atoms with Crippen LogP contribution in [0.25, 0.3) is 0 Å². The third-order valence-corrected chi connectivity index (χ3v) is 17.3. The predicted molar refractivity (Wildman–Crippen MR) is 358 cm³/mol. The lowest BCUT2D eigenvalue weighted by Gasteiger charge is -2.39. The van der Waals surface area contributed by atoms with Gasteiger partial charge < -0.3 is 30.6 Å². The number of Topliss-reactive ketones (excluding diaryl/α,β-unsaturated/α-hetero) is 4. The Balaban J connectivity index is 5.24. The molecule has 85 heavy (non-hydrogen) atoms. The average Bonchev–Trinajstić information content (AvgIpc) is 1.97. The molecule has 0 aliphatic carbocycles. The lowest BCUT2D eigenvalue weighted by Crippen LogP contribution is -2.69. The number of aliphatic hydroxyl groups is 6. The van der Waals surface area contributed by atoms with Crippen molar-refractivity contribution < 1.29 is 49.8 Å². The highest BCUT2D eigenvalue weighted by Crippen LogP contribution is 2.33. The van der Waals surface area contributed by atoms with Crippen LogP contribution in [-0.2, 0) is 19.2 Å². The molecule has 0 saturated carbocycles. The van der Waals surface area contributed by atoms with Crippen LogP contribution in [0, 0.1) is 0 Å². The number of hydrogen-bond donors (Lipinski definition) is 6. The van der Waals surface area contributed by atoms with Gasteiger partial charge in [-0.2, -0.15) is 0 Å². The Bertz CT molecular complexity index is 1750. The van der Waals surface area contributed by atoms with Crippen molar-refractivity contribution in [2.24, 2.45) is 0 Å². The molecule has 2 unspecified atom stereocenters. The van der Waals surface area contributed by atoms with Crippen LogP contribution in [0.4, 0.5) is 0 Å². The summed E-state index contributed by atoms with van der Waals surface area (Å²) < 4.78 is 0. The number of hydrogen-bond acceptors (Lipinski definition) is 10. The lowest BCUT2D eigenvalue weighted by atomic mass is 9.71. The van der Waals surface area contributed by atoms with E-state index in [4.69, 9.17) is 0 Å². The number of aliphatic hydroxyl groups excluding tert-OH is 3. The van der Waals surface area contributed by atoms with E-state index in [9.17, 15) is 49.8 Å². The summed E-state index contributed by atoms with van der Waals surface area (Å²) in [7, 11) is 0. The van der Waals surface area contributed by atoms with Gasteiger partial charge in [-0.25, -0.2) is 0 Å². The summed E-state index contributed by atoms with van der Waals surface area (Å²) >= 11 is 0. The van der Waals surface area contributed by atoms with Gasteiger partial charge in [-0.3, -0.25) is 19.2 Å². The Morgan fingerprint density at radius 2 is 0.647 bits per heavy atom. The van der Waals surface area contributed by atoms with Crippen LogP contribution < -0.4 is 0 Å². The van der Waals surface area contributed by atoms with Crippen molar-refractivity contribution in [3.8, 4) is 0 Å². The predicted octanol–water partition coefficient (Wildman–Crippen LogP) is 18.9. The number of carbonyl (C=O) groups is 4. The largest absolute Gasteiger partial charge is 0.393 e. The monoisotopic (exact) mass is 1190 g/mol. The molecule has 0 fully saturated rings. The molecule has 10 nitrogen and oxygen atoms in total. The van der Waals surface area contributed by atoms with Crippen LogP contribution in [0.5, 0.6) is 0 Å². The molecule has 0 rings (SSSR count). The summed E-state index contributed by atoms with van der Waals surface area (Å²) in [5, 5.41) is 66.6. The van der Waals surface area contributed by atoms with E-state index < -0.39 is 40.8 Å². The highest BCUT2D eigenvalue weighted by atomic mass is 16.4. The van der Waals surface area contributed by atoms with E-state index in [1.165, 1.54) is 51.4 Å². The smallest absolute Gasteiger partial charge is 0.219 e. The lowest BCUT2D eigenvalue weighted by molar-refractivity contribution is -0.194. The van der Waals surface area contributed by atoms with Gasteiger partial charge in [-0.05, 0) is 128 Å². The molecule has 494 valence electrons. The molecule has 0 spiro atoms. The van der Waals surface area contributed by atoms with E-state index >= 15 is 0 Å². The molecule has 0 radical (unpaired) electrons. The summed E-state index contributed by atoms with van der Waals surface area (Å²) in [5.74, 6) is -2.76. The van der Waals surface area contributed by atoms with Crippen LogP contribution in [0.3, 0.4) is 0 Å². The average molecular weight is 1200 g/mol. The molecule has 0 bridgehead atoms. The topological polar surface area (TPSA) is 190 Å². The Kier molecular flexibility index (Phi) is 55.6. The van der Waals surface area contributed by atoms with E-state index in [0.717, 1.165) is 193 Å². The van der Waals surface area contributed by atoms with Gasteiger partial charge in [0.2, 0.25) is 5.60 Å². The Hall–Kier alpha value is -2.86. The minimum absolute atomic E-state index is 0.0562. The first-order valence-electron chi connectivity index (χ1n) is 35.8. The number of carbonyl (C=O) groups excluding carboxylic acids is 4. The van der Waals surface area contributed by atoms with E-state index in [0.29, 0.717) is 64.2 Å². The van der Waals surface area contributed by atoms with Gasteiger partial charge in [0, 0.05) is 32.1 Å². The Morgan fingerprint density at radius 3 is 1.05 bits per heavy atom.